The van der Waals surface area contributed by atoms with Gasteiger partial charge in [-0.05, 0) is 67.1 Å². The molecule has 2 amide bonds. The van der Waals surface area contributed by atoms with E-state index in [9.17, 15) is 18.0 Å². The van der Waals surface area contributed by atoms with Gasteiger partial charge >= 0.3 is 0 Å². The Bertz CT molecular complexity index is 1410. The summed E-state index contributed by atoms with van der Waals surface area (Å²) in [6, 6.07) is 22.2. The van der Waals surface area contributed by atoms with Gasteiger partial charge in [0.2, 0.25) is 21.8 Å². The van der Waals surface area contributed by atoms with Crippen molar-refractivity contribution < 1.29 is 18.0 Å². The number of hydrogen-bond acceptors (Lipinski definition) is 4. The average molecular weight is 643 g/mol. The van der Waals surface area contributed by atoms with Crippen molar-refractivity contribution in [2.75, 3.05) is 23.7 Å². The number of sulfonamides is 1. The van der Waals surface area contributed by atoms with Gasteiger partial charge in [0.1, 0.15) is 6.04 Å². The highest BCUT2D eigenvalue weighted by Gasteiger charge is 2.30. The van der Waals surface area contributed by atoms with Crippen molar-refractivity contribution in [1.82, 2.24) is 10.2 Å². The van der Waals surface area contributed by atoms with Gasteiger partial charge in [-0.2, -0.15) is 0 Å². The first-order valence-electron chi connectivity index (χ1n) is 13.9. The van der Waals surface area contributed by atoms with Crippen LogP contribution in [-0.4, -0.2) is 50.5 Å². The molecule has 220 valence electrons. The molecule has 0 saturated heterocycles. The van der Waals surface area contributed by atoms with Crippen LogP contribution < -0.4 is 9.62 Å². The quantitative estimate of drug-likeness (QED) is 0.242. The molecule has 0 aromatic heterocycles. The summed E-state index contributed by atoms with van der Waals surface area (Å²) in [5.41, 5.74) is 4.35. The van der Waals surface area contributed by atoms with Crippen LogP contribution in [0.5, 0.6) is 0 Å². The number of nitrogens with zero attached hydrogens (tertiary/aromatic N) is 2. The van der Waals surface area contributed by atoms with Crippen LogP contribution in [0.4, 0.5) is 5.69 Å². The molecule has 3 rings (SSSR count). The van der Waals surface area contributed by atoms with E-state index in [1.54, 1.807) is 11.0 Å². The van der Waals surface area contributed by atoms with Crippen molar-refractivity contribution >= 4 is 43.5 Å². The predicted molar refractivity (Wildman–Crippen MR) is 169 cm³/mol. The highest BCUT2D eigenvalue weighted by molar-refractivity contribution is 9.10. The number of carbonyl (C=O) groups excluding carboxylic acids is 2. The molecular formula is C32H40BrN3O4S. The van der Waals surface area contributed by atoms with Gasteiger partial charge in [-0.3, -0.25) is 13.9 Å². The lowest BCUT2D eigenvalue weighted by molar-refractivity contribution is -0.141. The first-order valence-corrected chi connectivity index (χ1v) is 16.5. The molecular weight excluding hydrogens is 602 g/mol. The van der Waals surface area contributed by atoms with Crippen molar-refractivity contribution in [3.05, 3.63) is 99.5 Å². The molecule has 41 heavy (non-hydrogen) atoms. The number of hydrogen-bond donors (Lipinski definition) is 1. The van der Waals surface area contributed by atoms with Gasteiger partial charge in [-0.25, -0.2) is 8.42 Å². The molecule has 0 spiro atoms. The predicted octanol–water partition coefficient (Wildman–Crippen LogP) is 5.78. The Morgan fingerprint density at radius 3 is 2.24 bits per heavy atom. The lowest BCUT2D eigenvalue weighted by atomic mass is 10.0. The van der Waals surface area contributed by atoms with Crippen LogP contribution in [-0.2, 0) is 32.6 Å². The maximum absolute atomic E-state index is 13.9. The summed E-state index contributed by atoms with van der Waals surface area (Å²) >= 11 is 3.46. The van der Waals surface area contributed by atoms with Crippen LogP contribution in [0.15, 0.2) is 77.3 Å². The topological polar surface area (TPSA) is 86.8 Å². The minimum atomic E-state index is -3.57. The lowest BCUT2D eigenvalue weighted by Gasteiger charge is -2.32. The minimum absolute atomic E-state index is 0.0970. The molecule has 0 saturated carbocycles. The molecule has 3 aromatic carbocycles. The van der Waals surface area contributed by atoms with Gasteiger partial charge in [-0.15, -0.1) is 0 Å². The highest BCUT2D eigenvalue weighted by atomic mass is 79.9. The Labute approximate surface area is 253 Å². The van der Waals surface area contributed by atoms with Crippen LogP contribution in [0.25, 0.3) is 0 Å². The van der Waals surface area contributed by atoms with Crippen LogP contribution >= 0.6 is 15.9 Å². The number of aryl methyl sites for hydroxylation is 1. The van der Waals surface area contributed by atoms with Crippen LogP contribution in [0.3, 0.4) is 0 Å². The van der Waals surface area contributed by atoms with E-state index >= 15 is 0 Å². The van der Waals surface area contributed by atoms with Crippen molar-refractivity contribution in [2.24, 2.45) is 0 Å². The van der Waals surface area contributed by atoms with Crippen LogP contribution in [0, 0.1) is 13.8 Å². The zero-order valence-corrected chi connectivity index (χ0v) is 26.7. The van der Waals surface area contributed by atoms with Gasteiger partial charge in [0.15, 0.2) is 0 Å². The highest BCUT2D eigenvalue weighted by Crippen LogP contribution is 2.26. The zero-order valence-electron chi connectivity index (χ0n) is 24.3. The largest absolute Gasteiger partial charge is 0.354 e. The van der Waals surface area contributed by atoms with E-state index in [-0.39, 0.29) is 31.3 Å². The standard InChI is InChI=1S/C32H40BrN3O4S/c1-5-20-34-32(38)30(22-26-12-7-6-8-13-26)35(23-27-16-18-28(33)19-17-27)31(37)15-10-21-36(41(4,39)40)29-14-9-11-24(2)25(29)3/h6-9,11-14,16-19,30H,5,10,15,20-23H2,1-4H3,(H,34,38). The molecule has 1 unspecified atom stereocenters. The lowest BCUT2D eigenvalue weighted by Crippen LogP contribution is -2.50. The molecule has 0 heterocycles. The fourth-order valence-corrected chi connectivity index (χ4v) is 5.97. The van der Waals surface area contributed by atoms with Crippen molar-refractivity contribution in [3.8, 4) is 0 Å². The molecule has 0 radical (unpaired) electrons. The number of benzene rings is 3. The Morgan fingerprint density at radius 1 is 0.927 bits per heavy atom. The zero-order chi connectivity index (χ0) is 30.0. The van der Waals surface area contributed by atoms with E-state index in [1.165, 1.54) is 10.6 Å². The fourth-order valence-electron chi connectivity index (χ4n) is 4.69. The third-order valence-corrected chi connectivity index (χ3v) is 8.79. The second-order valence-electron chi connectivity index (χ2n) is 10.3. The summed E-state index contributed by atoms with van der Waals surface area (Å²) in [5, 5.41) is 2.98. The van der Waals surface area contributed by atoms with Gasteiger partial charge in [-0.1, -0.05) is 77.5 Å². The van der Waals surface area contributed by atoms with Crippen LogP contribution in [0.1, 0.15) is 48.4 Å². The maximum Gasteiger partial charge on any atom is 0.243 e. The summed E-state index contributed by atoms with van der Waals surface area (Å²) in [7, 11) is -3.57. The monoisotopic (exact) mass is 641 g/mol. The SMILES string of the molecule is CCCNC(=O)C(Cc1ccccc1)N(Cc1ccc(Br)cc1)C(=O)CCCN(c1cccc(C)c1C)S(C)(=O)=O. The molecule has 7 nitrogen and oxygen atoms in total. The number of rotatable bonds is 14. The molecule has 0 fully saturated rings. The fraction of sp³-hybridized carbons (Fsp3) is 0.375. The number of carbonyl (C=O) groups is 2. The minimum Gasteiger partial charge on any atom is -0.354 e. The van der Waals surface area contributed by atoms with E-state index in [2.05, 4.69) is 21.2 Å². The molecule has 0 aliphatic heterocycles. The second kappa shape index (κ2) is 15.2. The average Bonchev–Trinajstić information content (AvgIpc) is 2.94. The molecule has 1 N–H and O–H groups in total. The second-order valence-corrected chi connectivity index (χ2v) is 13.1. The van der Waals surface area contributed by atoms with Gasteiger partial charge < -0.3 is 10.2 Å². The molecule has 0 bridgehead atoms. The van der Waals surface area contributed by atoms with Crippen LogP contribution in [0.2, 0.25) is 0 Å². The number of nitrogens with one attached hydrogen (secondary N) is 1. The van der Waals surface area contributed by atoms with Crippen molar-refractivity contribution in [2.45, 2.75) is 59.0 Å². The first-order chi connectivity index (χ1) is 19.5. The third-order valence-electron chi connectivity index (χ3n) is 7.08. The number of anilines is 1. The summed E-state index contributed by atoms with van der Waals surface area (Å²) < 4.78 is 27.8. The van der Waals surface area contributed by atoms with Gasteiger partial charge in [0, 0.05) is 36.9 Å². The normalized spacial score (nSPS) is 12.0. The Morgan fingerprint density at radius 2 is 1.61 bits per heavy atom. The number of amides is 2. The molecule has 0 aliphatic carbocycles. The smallest absolute Gasteiger partial charge is 0.243 e. The number of halogens is 1. The van der Waals surface area contributed by atoms with E-state index in [0.29, 0.717) is 25.1 Å². The van der Waals surface area contributed by atoms with E-state index < -0.39 is 16.1 Å². The third kappa shape index (κ3) is 9.43. The summed E-state index contributed by atoms with van der Waals surface area (Å²) in [6.45, 7) is 6.77. The molecule has 9 heteroatoms. The Hall–Kier alpha value is -3.17. The molecule has 1 atom stereocenters. The Kier molecular flexibility index (Phi) is 12.0. The van der Waals surface area contributed by atoms with E-state index in [0.717, 1.165) is 33.1 Å². The maximum atomic E-state index is 13.9. The van der Waals surface area contributed by atoms with Gasteiger partial charge in [0.05, 0.1) is 11.9 Å². The molecule has 3 aromatic rings. The molecule has 0 aliphatic rings. The first kappa shape index (κ1) is 32.3. The van der Waals surface area contributed by atoms with E-state index in [1.807, 2.05) is 87.5 Å². The summed E-state index contributed by atoms with van der Waals surface area (Å²) in [5.74, 6) is -0.399. The van der Waals surface area contributed by atoms with E-state index in [4.69, 9.17) is 0 Å². The summed E-state index contributed by atoms with van der Waals surface area (Å²) in [4.78, 5) is 29.0. The van der Waals surface area contributed by atoms with Gasteiger partial charge in [0.25, 0.3) is 0 Å². The summed E-state index contributed by atoms with van der Waals surface area (Å²) in [6.07, 6.45) is 2.75. The Balaban J connectivity index is 1.88. The van der Waals surface area contributed by atoms with Crippen molar-refractivity contribution in [3.63, 3.8) is 0 Å². The van der Waals surface area contributed by atoms with Crippen molar-refractivity contribution in [1.29, 1.82) is 0 Å².